The van der Waals surface area contributed by atoms with Crippen LogP contribution in [0.4, 0.5) is 5.69 Å². The molecular weight excluding hydrogens is 398 g/mol. The van der Waals surface area contributed by atoms with E-state index in [2.05, 4.69) is 15.9 Å². The van der Waals surface area contributed by atoms with Crippen molar-refractivity contribution in [3.05, 3.63) is 32.8 Å². The predicted molar refractivity (Wildman–Crippen MR) is 88.6 cm³/mol. The fraction of sp³-hybridized carbons (Fsp3) is 0.500. The predicted octanol–water partition coefficient (Wildman–Crippen LogP) is 2.28. The van der Waals surface area contributed by atoms with Crippen molar-refractivity contribution in [3.63, 3.8) is 0 Å². The van der Waals surface area contributed by atoms with E-state index in [0.717, 1.165) is 12.8 Å². The summed E-state index contributed by atoms with van der Waals surface area (Å²) >= 11 is 3.12. The lowest BCUT2D eigenvalue weighted by molar-refractivity contribution is -0.387. The Kier molecular flexibility index (Phi) is 6.75. The molecule has 1 aliphatic rings. The lowest BCUT2D eigenvalue weighted by Crippen LogP contribution is -2.47. The van der Waals surface area contributed by atoms with Gasteiger partial charge in [-0.25, -0.2) is 8.42 Å². The summed E-state index contributed by atoms with van der Waals surface area (Å²) in [5, 5.41) is 11.1. The van der Waals surface area contributed by atoms with Gasteiger partial charge in [0.25, 0.3) is 5.69 Å². The monoisotopic (exact) mass is 413 g/mol. The summed E-state index contributed by atoms with van der Waals surface area (Å²) in [5.41, 5.74) is 5.22. The standard InChI is InChI=1S/C12H16BrN3O4S.ClH/c13-9-4-5-12(11(7-9)16(17)18)21(19,20)15-6-2-1-3-10(15)8-14;/h4-5,7,10H,1-3,6,8,14H2;1H. The Balaban J connectivity index is 0.00000242. The molecule has 1 heterocycles. The lowest BCUT2D eigenvalue weighted by atomic mass is 10.1. The van der Waals surface area contributed by atoms with E-state index in [1.54, 1.807) is 0 Å². The van der Waals surface area contributed by atoms with E-state index in [1.165, 1.54) is 22.5 Å². The first-order valence-corrected chi connectivity index (χ1v) is 8.77. The zero-order valence-corrected chi connectivity index (χ0v) is 14.9. The quantitative estimate of drug-likeness (QED) is 0.601. The van der Waals surface area contributed by atoms with Gasteiger partial charge in [-0.1, -0.05) is 22.4 Å². The molecule has 1 unspecified atom stereocenters. The third-order valence-corrected chi connectivity index (χ3v) is 6.04. The van der Waals surface area contributed by atoms with E-state index in [1.807, 2.05) is 0 Å². The van der Waals surface area contributed by atoms with Crippen LogP contribution in [0.15, 0.2) is 27.6 Å². The Morgan fingerprint density at radius 1 is 1.41 bits per heavy atom. The summed E-state index contributed by atoms with van der Waals surface area (Å²) < 4.78 is 27.2. The van der Waals surface area contributed by atoms with Crippen LogP contribution in [0.25, 0.3) is 0 Å². The zero-order valence-electron chi connectivity index (χ0n) is 11.6. The van der Waals surface area contributed by atoms with Crippen LogP contribution in [0, 0.1) is 10.1 Å². The number of hydrogen-bond donors (Lipinski definition) is 1. The Morgan fingerprint density at radius 3 is 2.68 bits per heavy atom. The maximum Gasteiger partial charge on any atom is 0.290 e. The molecule has 1 atom stereocenters. The van der Waals surface area contributed by atoms with E-state index in [4.69, 9.17) is 5.73 Å². The van der Waals surface area contributed by atoms with Gasteiger partial charge in [-0.2, -0.15) is 4.31 Å². The maximum atomic E-state index is 12.7. The number of nitro groups is 1. The van der Waals surface area contributed by atoms with E-state index in [0.29, 0.717) is 17.4 Å². The minimum atomic E-state index is -3.92. The van der Waals surface area contributed by atoms with E-state index in [9.17, 15) is 18.5 Å². The minimum absolute atomic E-state index is 0. The smallest absolute Gasteiger partial charge is 0.290 e. The maximum absolute atomic E-state index is 12.7. The SMILES string of the molecule is Cl.NCC1CCCCN1S(=O)(=O)c1ccc(Br)cc1[N+](=O)[O-]. The highest BCUT2D eigenvalue weighted by atomic mass is 79.9. The van der Waals surface area contributed by atoms with Gasteiger partial charge >= 0.3 is 0 Å². The van der Waals surface area contributed by atoms with Crippen LogP contribution < -0.4 is 5.73 Å². The Bertz CT molecular complexity index is 656. The number of piperidine rings is 1. The van der Waals surface area contributed by atoms with Gasteiger partial charge in [0.05, 0.1) is 4.92 Å². The fourth-order valence-electron chi connectivity index (χ4n) is 2.50. The molecule has 1 aliphatic heterocycles. The Labute approximate surface area is 143 Å². The van der Waals surface area contributed by atoms with Crippen molar-refractivity contribution >= 4 is 44.0 Å². The molecule has 2 rings (SSSR count). The van der Waals surface area contributed by atoms with Gasteiger partial charge < -0.3 is 5.73 Å². The highest BCUT2D eigenvalue weighted by Gasteiger charge is 2.36. The highest BCUT2D eigenvalue weighted by molar-refractivity contribution is 9.10. The molecule has 0 aliphatic carbocycles. The van der Waals surface area contributed by atoms with Crippen molar-refractivity contribution in [2.45, 2.75) is 30.2 Å². The van der Waals surface area contributed by atoms with Crippen LogP contribution in [-0.4, -0.2) is 36.8 Å². The summed E-state index contributed by atoms with van der Waals surface area (Å²) in [7, 11) is -3.92. The first kappa shape index (κ1) is 19.3. The normalized spacial score (nSPS) is 19.5. The number of benzene rings is 1. The summed E-state index contributed by atoms with van der Waals surface area (Å²) in [4.78, 5) is 10.2. The van der Waals surface area contributed by atoms with Gasteiger partial charge in [0.2, 0.25) is 10.0 Å². The third kappa shape index (κ3) is 3.77. The van der Waals surface area contributed by atoms with Crippen molar-refractivity contribution in [2.24, 2.45) is 5.73 Å². The fourth-order valence-corrected chi connectivity index (χ4v) is 4.70. The molecule has 0 amide bonds. The van der Waals surface area contributed by atoms with Gasteiger partial charge in [-0.15, -0.1) is 12.4 Å². The van der Waals surface area contributed by atoms with Crippen molar-refractivity contribution in [1.82, 2.24) is 4.31 Å². The molecule has 22 heavy (non-hydrogen) atoms. The number of nitrogens with two attached hydrogens (primary N) is 1. The summed E-state index contributed by atoms with van der Waals surface area (Å²) in [6, 6.07) is 3.65. The average Bonchev–Trinajstić information content (AvgIpc) is 2.46. The van der Waals surface area contributed by atoms with E-state index in [-0.39, 0.29) is 29.9 Å². The second-order valence-corrected chi connectivity index (χ2v) is 7.64. The molecule has 2 N–H and O–H groups in total. The van der Waals surface area contributed by atoms with Crippen LogP contribution in [0.2, 0.25) is 0 Å². The largest absolute Gasteiger partial charge is 0.329 e. The van der Waals surface area contributed by atoms with Gasteiger partial charge in [0.15, 0.2) is 4.90 Å². The second-order valence-electron chi connectivity index (χ2n) is 4.87. The number of sulfonamides is 1. The van der Waals surface area contributed by atoms with Crippen molar-refractivity contribution in [2.75, 3.05) is 13.1 Å². The average molecular weight is 415 g/mol. The minimum Gasteiger partial charge on any atom is -0.329 e. The molecule has 10 heteroatoms. The van der Waals surface area contributed by atoms with Crippen LogP contribution >= 0.6 is 28.3 Å². The van der Waals surface area contributed by atoms with Crippen LogP contribution in [-0.2, 0) is 10.0 Å². The summed E-state index contributed by atoms with van der Waals surface area (Å²) in [6.45, 7) is 0.557. The van der Waals surface area contributed by atoms with Crippen LogP contribution in [0.5, 0.6) is 0 Å². The van der Waals surface area contributed by atoms with Gasteiger partial charge in [0, 0.05) is 29.7 Å². The van der Waals surface area contributed by atoms with Crippen molar-refractivity contribution < 1.29 is 13.3 Å². The van der Waals surface area contributed by atoms with Gasteiger partial charge in [-0.05, 0) is 25.0 Å². The lowest BCUT2D eigenvalue weighted by Gasteiger charge is -2.33. The second kappa shape index (κ2) is 7.69. The van der Waals surface area contributed by atoms with Crippen LogP contribution in [0.3, 0.4) is 0 Å². The first-order chi connectivity index (χ1) is 9.87. The molecule has 0 spiro atoms. The summed E-state index contributed by atoms with van der Waals surface area (Å²) in [6.07, 6.45) is 2.33. The highest BCUT2D eigenvalue weighted by Crippen LogP contribution is 2.32. The molecule has 0 bridgehead atoms. The first-order valence-electron chi connectivity index (χ1n) is 6.53. The number of rotatable bonds is 4. The molecule has 0 aromatic heterocycles. The van der Waals surface area contributed by atoms with Crippen molar-refractivity contribution in [1.29, 1.82) is 0 Å². The van der Waals surface area contributed by atoms with Crippen molar-refractivity contribution in [3.8, 4) is 0 Å². The zero-order chi connectivity index (χ0) is 15.6. The molecule has 7 nitrogen and oxygen atoms in total. The van der Waals surface area contributed by atoms with E-state index < -0.39 is 20.6 Å². The number of nitro benzene ring substituents is 1. The number of halogens is 2. The third-order valence-electron chi connectivity index (χ3n) is 3.55. The molecule has 0 saturated carbocycles. The molecule has 1 saturated heterocycles. The topological polar surface area (TPSA) is 107 Å². The molecule has 1 aromatic rings. The molecule has 1 fully saturated rings. The molecule has 124 valence electrons. The van der Waals surface area contributed by atoms with Gasteiger partial charge in [0.1, 0.15) is 0 Å². The summed E-state index contributed by atoms with van der Waals surface area (Å²) in [5.74, 6) is 0. The van der Waals surface area contributed by atoms with Crippen LogP contribution in [0.1, 0.15) is 19.3 Å². The van der Waals surface area contributed by atoms with E-state index >= 15 is 0 Å². The van der Waals surface area contributed by atoms with Gasteiger partial charge in [-0.3, -0.25) is 10.1 Å². The Hall–Kier alpha value is -0.740. The molecule has 0 radical (unpaired) electrons. The molecular formula is C12H17BrClN3O4S. The number of hydrogen-bond acceptors (Lipinski definition) is 5. The Morgan fingerprint density at radius 2 is 2.09 bits per heavy atom. The number of nitrogens with zero attached hydrogens (tertiary/aromatic N) is 2. The molecule has 1 aromatic carbocycles.